The third-order valence-electron chi connectivity index (χ3n) is 5.88. The number of nitrogens with one attached hydrogen (secondary N) is 1. The van der Waals surface area contributed by atoms with Crippen molar-refractivity contribution in [2.24, 2.45) is 0 Å². The van der Waals surface area contributed by atoms with Gasteiger partial charge >= 0.3 is 0 Å². The normalized spacial score (nSPS) is 23.2. The van der Waals surface area contributed by atoms with Gasteiger partial charge in [0.1, 0.15) is 5.76 Å². The number of hydrogen-bond donors (Lipinski definition) is 2. The molecule has 0 spiro atoms. The van der Waals surface area contributed by atoms with E-state index in [9.17, 15) is 9.90 Å². The Labute approximate surface area is 163 Å². The monoisotopic (exact) mass is 389 g/mol. The molecular formula is C20H27N3O3S. The van der Waals surface area contributed by atoms with Crippen molar-refractivity contribution < 1.29 is 14.4 Å². The minimum absolute atomic E-state index is 0.0300. The highest BCUT2D eigenvalue weighted by atomic mass is 32.1. The number of aromatic nitrogens is 1. The Morgan fingerprint density at radius 3 is 2.96 bits per heavy atom. The van der Waals surface area contributed by atoms with Crippen LogP contribution in [0.5, 0.6) is 0 Å². The first-order chi connectivity index (χ1) is 13.0. The lowest BCUT2D eigenvalue weighted by Crippen LogP contribution is -2.45. The Hall–Kier alpha value is -1.70. The van der Waals surface area contributed by atoms with Crippen LogP contribution in [0.15, 0.2) is 9.90 Å². The molecule has 2 atom stereocenters. The van der Waals surface area contributed by atoms with E-state index in [1.165, 1.54) is 16.0 Å². The summed E-state index contributed by atoms with van der Waals surface area (Å²) in [4.78, 5) is 16.4. The second-order valence-corrected chi connectivity index (χ2v) is 8.71. The third kappa shape index (κ3) is 3.81. The van der Waals surface area contributed by atoms with Crippen LogP contribution in [0.25, 0.3) is 0 Å². The maximum Gasteiger partial charge on any atom is 0.252 e. The van der Waals surface area contributed by atoms with Gasteiger partial charge in [0, 0.05) is 35.5 Å². The second kappa shape index (κ2) is 7.73. The molecule has 27 heavy (non-hydrogen) atoms. The lowest BCUT2D eigenvalue weighted by Gasteiger charge is -2.29. The van der Waals surface area contributed by atoms with Gasteiger partial charge in [-0.2, -0.15) is 0 Å². The number of carbonyl (C=O) groups excluding carboxylic acids is 1. The van der Waals surface area contributed by atoms with E-state index >= 15 is 0 Å². The van der Waals surface area contributed by atoms with Crippen LogP contribution in [0.1, 0.15) is 63.5 Å². The van der Waals surface area contributed by atoms with Gasteiger partial charge in [0.2, 0.25) is 0 Å². The summed E-state index contributed by atoms with van der Waals surface area (Å²) >= 11 is 1.66. The lowest BCUT2D eigenvalue weighted by atomic mass is 9.92. The number of fused-ring (bicyclic) bond motifs is 1. The van der Waals surface area contributed by atoms with Gasteiger partial charge in [-0.1, -0.05) is 18.0 Å². The first-order valence-corrected chi connectivity index (χ1v) is 10.6. The summed E-state index contributed by atoms with van der Waals surface area (Å²) in [6.07, 6.45) is 4.22. The molecular weight excluding hydrogens is 362 g/mol. The number of nitrogens with zero attached hydrogens (tertiary/aromatic N) is 2. The number of aliphatic hydroxyl groups is 1. The number of aliphatic hydroxyl groups excluding tert-OH is 1. The fourth-order valence-electron chi connectivity index (χ4n) is 4.18. The van der Waals surface area contributed by atoms with Crippen LogP contribution in [-0.2, 0) is 19.5 Å². The highest BCUT2D eigenvalue weighted by Crippen LogP contribution is 2.30. The molecule has 3 heterocycles. The van der Waals surface area contributed by atoms with Crippen molar-refractivity contribution in [1.29, 1.82) is 0 Å². The van der Waals surface area contributed by atoms with Crippen molar-refractivity contribution >= 4 is 17.2 Å². The molecule has 2 aliphatic rings. The standard InChI is InChI=1S/C20H27N3O3S/c1-12-15(13(2)26-22-12)9-23-8-7-14-16(11-27-19(14)10-23)20(25)21-17-5-3-4-6-18(17)24/h11,17-18,24H,3-10H2,1-2H3,(H,21,25). The first kappa shape index (κ1) is 18.7. The number of aryl methyl sites for hydroxylation is 2. The van der Waals surface area contributed by atoms with Crippen LogP contribution >= 0.6 is 11.3 Å². The number of carbonyl (C=O) groups is 1. The zero-order valence-electron chi connectivity index (χ0n) is 16.0. The summed E-state index contributed by atoms with van der Waals surface area (Å²) in [6, 6.07) is -0.110. The fourth-order valence-corrected chi connectivity index (χ4v) is 5.30. The Morgan fingerprint density at radius 2 is 2.22 bits per heavy atom. The SMILES string of the molecule is Cc1noc(C)c1CN1CCc2c(C(=O)NC3CCCCC3O)csc2C1. The van der Waals surface area contributed by atoms with Gasteiger partial charge in [0.25, 0.3) is 5.91 Å². The predicted molar refractivity (Wildman–Crippen MR) is 104 cm³/mol. The molecule has 6 nitrogen and oxygen atoms in total. The van der Waals surface area contributed by atoms with Crippen molar-refractivity contribution in [1.82, 2.24) is 15.4 Å². The number of thiophene rings is 1. The maximum atomic E-state index is 12.8. The van der Waals surface area contributed by atoms with Crippen LogP contribution in [0.2, 0.25) is 0 Å². The zero-order chi connectivity index (χ0) is 19.0. The highest BCUT2D eigenvalue weighted by molar-refractivity contribution is 7.10. The topological polar surface area (TPSA) is 78.6 Å². The van der Waals surface area contributed by atoms with E-state index < -0.39 is 6.10 Å². The summed E-state index contributed by atoms with van der Waals surface area (Å²) in [5, 5.41) is 19.2. The molecule has 1 saturated carbocycles. The number of rotatable bonds is 4. The molecule has 2 aromatic heterocycles. The largest absolute Gasteiger partial charge is 0.391 e. The van der Waals surface area contributed by atoms with Crippen LogP contribution in [0.3, 0.4) is 0 Å². The summed E-state index contributed by atoms with van der Waals surface area (Å²) in [6.45, 7) is 6.53. The van der Waals surface area contributed by atoms with Crippen molar-refractivity contribution in [3.63, 3.8) is 0 Å². The summed E-state index contributed by atoms with van der Waals surface area (Å²) in [5.74, 6) is 0.855. The second-order valence-electron chi connectivity index (χ2n) is 7.75. The van der Waals surface area contributed by atoms with Crippen molar-refractivity contribution in [2.75, 3.05) is 6.54 Å². The molecule has 4 rings (SSSR count). The smallest absolute Gasteiger partial charge is 0.252 e. The average Bonchev–Trinajstić information content (AvgIpc) is 3.21. The first-order valence-electron chi connectivity index (χ1n) is 9.75. The molecule has 1 aliphatic carbocycles. The Balaban J connectivity index is 1.43. The lowest BCUT2D eigenvalue weighted by molar-refractivity contribution is 0.0716. The van der Waals surface area contributed by atoms with Gasteiger partial charge in [-0.05, 0) is 38.7 Å². The van der Waals surface area contributed by atoms with E-state index in [0.29, 0.717) is 0 Å². The number of amides is 1. The molecule has 2 unspecified atom stereocenters. The van der Waals surface area contributed by atoms with E-state index in [0.717, 1.165) is 68.8 Å². The Bertz CT molecular complexity index is 809. The zero-order valence-corrected chi connectivity index (χ0v) is 16.8. The summed E-state index contributed by atoms with van der Waals surface area (Å²) < 4.78 is 5.28. The third-order valence-corrected chi connectivity index (χ3v) is 6.89. The Kier molecular flexibility index (Phi) is 5.34. The van der Waals surface area contributed by atoms with Gasteiger partial charge in [0.05, 0.1) is 23.4 Å². The highest BCUT2D eigenvalue weighted by Gasteiger charge is 2.28. The average molecular weight is 390 g/mol. The van der Waals surface area contributed by atoms with Gasteiger partial charge in [-0.15, -0.1) is 11.3 Å². The molecule has 1 amide bonds. The van der Waals surface area contributed by atoms with E-state index in [4.69, 9.17) is 4.52 Å². The van der Waals surface area contributed by atoms with E-state index in [1.54, 1.807) is 11.3 Å². The predicted octanol–water partition coefficient (Wildman–Crippen LogP) is 2.94. The molecule has 0 bridgehead atoms. The molecule has 146 valence electrons. The summed E-state index contributed by atoms with van der Waals surface area (Å²) in [7, 11) is 0. The van der Waals surface area contributed by atoms with Gasteiger partial charge in [-0.3, -0.25) is 9.69 Å². The fraction of sp³-hybridized carbons (Fsp3) is 0.600. The molecule has 0 saturated heterocycles. The Morgan fingerprint density at radius 1 is 1.41 bits per heavy atom. The van der Waals surface area contributed by atoms with E-state index in [2.05, 4.69) is 15.4 Å². The van der Waals surface area contributed by atoms with Gasteiger partial charge in [0.15, 0.2) is 0 Å². The number of hydrogen-bond acceptors (Lipinski definition) is 6. The quantitative estimate of drug-likeness (QED) is 0.841. The van der Waals surface area contributed by atoms with Gasteiger partial charge < -0.3 is 14.9 Å². The maximum absolute atomic E-state index is 12.8. The molecule has 0 radical (unpaired) electrons. The minimum Gasteiger partial charge on any atom is -0.391 e. The van der Waals surface area contributed by atoms with Crippen LogP contribution in [0.4, 0.5) is 0 Å². The molecule has 1 aliphatic heterocycles. The molecule has 7 heteroatoms. The van der Waals surface area contributed by atoms with Crippen LogP contribution in [-0.4, -0.2) is 39.8 Å². The van der Waals surface area contributed by atoms with Crippen LogP contribution < -0.4 is 5.32 Å². The van der Waals surface area contributed by atoms with Crippen molar-refractivity contribution in [3.8, 4) is 0 Å². The van der Waals surface area contributed by atoms with E-state index in [1.807, 2.05) is 19.2 Å². The van der Waals surface area contributed by atoms with E-state index in [-0.39, 0.29) is 11.9 Å². The molecule has 2 N–H and O–H groups in total. The van der Waals surface area contributed by atoms with Crippen molar-refractivity contribution in [3.05, 3.63) is 38.4 Å². The molecule has 2 aromatic rings. The van der Waals surface area contributed by atoms with Crippen LogP contribution in [0, 0.1) is 13.8 Å². The molecule has 1 fully saturated rings. The van der Waals surface area contributed by atoms with Gasteiger partial charge in [-0.25, -0.2) is 0 Å². The molecule has 0 aromatic carbocycles. The van der Waals surface area contributed by atoms with Crippen molar-refractivity contribution in [2.45, 2.75) is 71.2 Å². The summed E-state index contributed by atoms with van der Waals surface area (Å²) in [5.41, 5.74) is 4.09. The minimum atomic E-state index is -0.414.